The first-order chi connectivity index (χ1) is 22.1. The van der Waals surface area contributed by atoms with Crippen molar-refractivity contribution in [2.75, 3.05) is 9.80 Å². The molecule has 4 aromatic rings. The fraction of sp³-hybridized carbons (Fsp3) is 0.205. The van der Waals surface area contributed by atoms with Gasteiger partial charge in [0.2, 0.25) is 0 Å². The van der Waals surface area contributed by atoms with Crippen LogP contribution in [0.3, 0.4) is 0 Å². The van der Waals surface area contributed by atoms with Gasteiger partial charge in [-0.05, 0) is 148 Å². The van der Waals surface area contributed by atoms with E-state index in [1.807, 2.05) is 18.2 Å². The minimum Gasteiger partial charge on any atom is -0.334 e. The lowest BCUT2D eigenvalue weighted by Crippen LogP contribution is -2.30. The second-order valence-electron chi connectivity index (χ2n) is 12.6. The fourth-order valence-electron chi connectivity index (χ4n) is 6.31. The zero-order chi connectivity index (χ0) is 32.8. The van der Waals surface area contributed by atoms with E-state index in [0.29, 0.717) is 0 Å². The van der Waals surface area contributed by atoms with Gasteiger partial charge in [0, 0.05) is 22.7 Å². The van der Waals surface area contributed by atoms with E-state index in [1.54, 1.807) is 0 Å². The van der Waals surface area contributed by atoms with Crippen LogP contribution in [0.2, 0.25) is 0 Å². The molecule has 1 aliphatic carbocycles. The average molecular weight is 603 g/mol. The van der Waals surface area contributed by atoms with Gasteiger partial charge in [-0.3, -0.25) is 0 Å². The summed E-state index contributed by atoms with van der Waals surface area (Å²) in [6.07, 6.45) is 13.6. The zero-order valence-corrected chi connectivity index (χ0v) is 28.4. The van der Waals surface area contributed by atoms with Gasteiger partial charge in [0.25, 0.3) is 0 Å². The first-order valence-corrected chi connectivity index (χ1v) is 16.2. The lowest BCUT2D eigenvalue weighted by Gasteiger charge is -2.34. The molecule has 232 valence electrons. The van der Waals surface area contributed by atoms with Gasteiger partial charge in [-0.2, -0.15) is 0 Å². The van der Waals surface area contributed by atoms with Crippen molar-refractivity contribution in [1.29, 1.82) is 0 Å². The number of aryl methyl sites for hydroxylation is 4. The Morgan fingerprint density at radius 2 is 1.30 bits per heavy atom. The van der Waals surface area contributed by atoms with Gasteiger partial charge in [-0.1, -0.05) is 84.7 Å². The highest BCUT2D eigenvalue weighted by atomic mass is 15.2. The SMILES string of the molecule is C=C/C=C(/C)C=C=C(C)N(c1cccc(C)c1)c1ccc(-c2ccc(N(c3cccc(C)c3)C3C=CC=C(C)C3)cc2C)c(C)c1. The van der Waals surface area contributed by atoms with E-state index in [1.165, 1.54) is 50.3 Å². The number of hydrogen-bond donors (Lipinski definition) is 0. The summed E-state index contributed by atoms with van der Waals surface area (Å²) in [6, 6.07) is 31.5. The Labute approximate surface area is 276 Å². The summed E-state index contributed by atoms with van der Waals surface area (Å²) in [5, 5.41) is 0. The third-order valence-electron chi connectivity index (χ3n) is 8.59. The van der Waals surface area contributed by atoms with Crippen molar-refractivity contribution in [2.24, 2.45) is 0 Å². The second kappa shape index (κ2) is 14.4. The Balaban J connectivity index is 1.54. The lowest BCUT2D eigenvalue weighted by molar-refractivity contribution is 0.756. The van der Waals surface area contributed by atoms with E-state index in [9.17, 15) is 0 Å². The molecule has 0 amide bonds. The van der Waals surface area contributed by atoms with Crippen LogP contribution in [0.15, 0.2) is 151 Å². The molecule has 2 nitrogen and oxygen atoms in total. The third kappa shape index (κ3) is 7.42. The number of anilines is 4. The fourth-order valence-corrected chi connectivity index (χ4v) is 6.31. The minimum atomic E-state index is 0.270. The molecule has 4 aromatic carbocycles. The van der Waals surface area contributed by atoms with Crippen molar-refractivity contribution in [1.82, 2.24) is 0 Å². The number of rotatable bonds is 9. The molecule has 0 aromatic heterocycles. The maximum absolute atomic E-state index is 3.82. The predicted molar refractivity (Wildman–Crippen MR) is 201 cm³/mol. The van der Waals surface area contributed by atoms with Crippen molar-refractivity contribution in [2.45, 2.75) is 60.9 Å². The summed E-state index contributed by atoms with van der Waals surface area (Å²) in [5.41, 5.74) is 19.2. The van der Waals surface area contributed by atoms with Crippen LogP contribution in [0.25, 0.3) is 11.1 Å². The maximum Gasteiger partial charge on any atom is 0.0624 e. The molecule has 1 atom stereocenters. The highest BCUT2D eigenvalue weighted by molar-refractivity contribution is 5.79. The Kier molecular flexibility index (Phi) is 10.1. The molecule has 0 spiro atoms. The first-order valence-electron chi connectivity index (χ1n) is 16.2. The van der Waals surface area contributed by atoms with Crippen LogP contribution in [-0.4, -0.2) is 6.04 Å². The molecule has 0 heterocycles. The number of hydrogen-bond acceptors (Lipinski definition) is 2. The average Bonchev–Trinajstić information content (AvgIpc) is 3.01. The summed E-state index contributed by atoms with van der Waals surface area (Å²) in [5.74, 6) is 0. The van der Waals surface area contributed by atoms with Gasteiger partial charge >= 0.3 is 0 Å². The summed E-state index contributed by atoms with van der Waals surface area (Å²) in [4.78, 5) is 4.77. The molecule has 5 rings (SSSR count). The largest absolute Gasteiger partial charge is 0.334 e. The normalized spacial score (nSPS) is 14.3. The Morgan fingerprint density at radius 1 is 0.739 bits per heavy atom. The van der Waals surface area contributed by atoms with Crippen LogP contribution in [-0.2, 0) is 0 Å². The summed E-state index contributed by atoms with van der Waals surface area (Å²) in [6.45, 7) is 19.0. The number of allylic oxidation sites excluding steroid dienone is 6. The van der Waals surface area contributed by atoms with E-state index >= 15 is 0 Å². The molecular weight excluding hydrogens is 556 g/mol. The molecule has 0 fully saturated rings. The highest BCUT2D eigenvalue weighted by Gasteiger charge is 2.22. The lowest BCUT2D eigenvalue weighted by atomic mass is 9.94. The summed E-state index contributed by atoms with van der Waals surface area (Å²) < 4.78 is 0. The van der Waals surface area contributed by atoms with Crippen LogP contribution >= 0.6 is 0 Å². The second-order valence-corrected chi connectivity index (χ2v) is 12.6. The minimum absolute atomic E-state index is 0.270. The third-order valence-corrected chi connectivity index (χ3v) is 8.59. The van der Waals surface area contributed by atoms with Crippen LogP contribution in [0.5, 0.6) is 0 Å². The van der Waals surface area contributed by atoms with Crippen LogP contribution in [0.4, 0.5) is 22.7 Å². The van der Waals surface area contributed by atoms with E-state index in [4.69, 9.17) is 0 Å². The van der Waals surface area contributed by atoms with Crippen LogP contribution in [0, 0.1) is 27.7 Å². The molecule has 0 saturated heterocycles. The van der Waals surface area contributed by atoms with Crippen molar-refractivity contribution in [3.05, 3.63) is 173 Å². The van der Waals surface area contributed by atoms with Gasteiger partial charge in [-0.25, -0.2) is 0 Å². The van der Waals surface area contributed by atoms with E-state index < -0.39 is 0 Å². The van der Waals surface area contributed by atoms with Gasteiger partial charge in [0.05, 0.1) is 11.7 Å². The standard InChI is InChI=1S/C44H46N2/c1-9-13-31(2)20-21-37(8)45(38-17-10-14-32(3)26-38)41-22-24-43(35(6)29-41)44-25-23-42(30-36(44)7)46(39-18-11-15-33(4)27-39)40-19-12-16-34(5)28-40/h9-20,22-27,29-30,40H,1,28H2,2-8H3/b31-13-. The van der Waals surface area contributed by atoms with Crippen LogP contribution < -0.4 is 9.80 Å². The monoisotopic (exact) mass is 602 g/mol. The van der Waals surface area contributed by atoms with Crippen LogP contribution in [0.1, 0.15) is 49.4 Å². The van der Waals surface area contributed by atoms with Gasteiger partial charge in [-0.15, -0.1) is 0 Å². The molecule has 0 radical (unpaired) electrons. The molecule has 46 heavy (non-hydrogen) atoms. The molecule has 0 bridgehead atoms. The van der Waals surface area contributed by atoms with E-state index in [-0.39, 0.29) is 6.04 Å². The van der Waals surface area contributed by atoms with Gasteiger partial charge in [0.15, 0.2) is 0 Å². The van der Waals surface area contributed by atoms with Crippen molar-refractivity contribution < 1.29 is 0 Å². The smallest absolute Gasteiger partial charge is 0.0624 e. The predicted octanol–water partition coefficient (Wildman–Crippen LogP) is 12.3. The van der Waals surface area contributed by atoms with Crippen molar-refractivity contribution >= 4 is 22.7 Å². The van der Waals surface area contributed by atoms with E-state index in [2.05, 4.69) is 174 Å². The highest BCUT2D eigenvalue weighted by Crippen LogP contribution is 2.38. The number of benzene rings is 4. The molecular formula is C44H46N2. The molecule has 1 aliphatic rings. The molecule has 1 unspecified atom stereocenters. The van der Waals surface area contributed by atoms with Crippen molar-refractivity contribution in [3.8, 4) is 11.1 Å². The molecule has 2 heteroatoms. The Bertz CT molecular complexity index is 1910. The first kappa shape index (κ1) is 32.4. The summed E-state index contributed by atoms with van der Waals surface area (Å²) >= 11 is 0. The molecule has 0 aliphatic heterocycles. The summed E-state index contributed by atoms with van der Waals surface area (Å²) in [7, 11) is 0. The van der Waals surface area contributed by atoms with Crippen molar-refractivity contribution in [3.63, 3.8) is 0 Å². The maximum atomic E-state index is 3.82. The quantitative estimate of drug-likeness (QED) is 0.139. The topological polar surface area (TPSA) is 6.48 Å². The van der Waals surface area contributed by atoms with Gasteiger partial charge < -0.3 is 9.80 Å². The Morgan fingerprint density at radius 3 is 1.91 bits per heavy atom. The molecule has 0 N–H and O–H groups in total. The van der Waals surface area contributed by atoms with E-state index in [0.717, 1.165) is 29.1 Å². The Hall–Kier alpha value is -5.04. The zero-order valence-electron chi connectivity index (χ0n) is 28.4. The number of nitrogens with zero attached hydrogens (tertiary/aromatic N) is 2. The van der Waals surface area contributed by atoms with Gasteiger partial charge in [0.1, 0.15) is 0 Å². The molecule has 0 saturated carbocycles.